The first-order valence-corrected chi connectivity index (χ1v) is 13.8. The quantitative estimate of drug-likeness (QED) is 0.243. The van der Waals surface area contributed by atoms with Crippen molar-refractivity contribution in [3.05, 3.63) is 114 Å². The van der Waals surface area contributed by atoms with E-state index in [0.717, 1.165) is 47.2 Å². The topological polar surface area (TPSA) is 44.5 Å². The highest BCUT2D eigenvalue weighted by molar-refractivity contribution is 6.09. The molecular formula is C34H29N6+. The Labute approximate surface area is 232 Å². The van der Waals surface area contributed by atoms with Gasteiger partial charge in [-0.15, -0.1) is 0 Å². The molecule has 0 saturated carbocycles. The minimum Gasteiger partial charge on any atom is -0.297 e. The number of rotatable bonds is 3. The van der Waals surface area contributed by atoms with Crippen molar-refractivity contribution >= 4 is 38.9 Å². The molecule has 0 amide bonds. The molecule has 0 atom stereocenters. The molecule has 40 heavy (non-hydrogen) atoms. The summed E-state index contributed by atoms with van der Waals surface area (Å²) in [4.78, 5) is 5.24. The van der Waals surface area contributed by atoms with Crippen LogP contribution >= 0.6 is 0 Å². The zero-order valence-corrected chi connectivity index (χ0v) is 22.8. The summed E-state index contributed by atoms with van der Waals surface area (Å²) >= 11 is 0. The van der Waals surface area contributed by atoms with E-state index in [1.807, 2.05) is 11.6 Å². The fraction of sp³-hybridized carbons (Fsp3) is 0.147. The molecule has 7 aromatic rings. The Morgan fingerprint density at radius 1 is 0.800 bits per heavy atom. The molecule has 1 aliphatic carbocycles. The molecule has 0 spiro atoms. The van der Waals surface area contributed by atoms with Crippen LogP contribution in [0.3, 0.4) is 0 Å². The van der Waals surface area contributed by atoms with Gasteiger partial charge in [0.05, 0.1) is 24.6 Å². The number of aryl methyl sites for hydroxylation is 3. The average molecular weight is 522 g/mol. The molecule has 8 rings (SSSR count). The van der Waals surface area contributed by atoms with Crippen LogP contribution in [0.25, 0.3) is 56.2 Å². The van der Waals surface area contributed by atoms with Crippen LogP contribution in [0.1, 0.15) is 29.1 Å². The van der Waals surface area contributed by atoms with Crippen LogP contribution in [0.5, 0.6) is 0 Å². The van der Waals surface area contributed by atoms with Gasteiger partial charge in [0.1, 0.15) is 16.7 Å². The normalized spacial score (nSPS) is 13.1. The third-order valence-corrected chi connectivity index (χ3v) is 8.17. The van der Waals surface area contributed by atoms with Gasteiger partial charge in [0.25, 0.3) is 5.82 Å². The minimum atomic E-state index is 0.838. The van der Waals surface area contributed by atoms with Crippen molar-refractivity contribution in [2.45, 2.75) is 26.7 Å². The Morgan fingerprint density at radius 3 is 2.48 bits per heavy atom. The first-order chi connectivity index (χ1) is 19.6. The van der Waals surface area contributed by atoms with E-state index in [9.17, 15) is 0 Å². The molecule has 0 aliphatic heterocycles. The zero-order chi connectivity index (χ0) is 27.0. The van der Waals surface area contributed by atoms with Crippen molar-refractivity contribution in [1.29, 1.82) is 0 Å². The van der Waals surface area contributed by atoms with Crippen LogP contribution in [0.15, 0.2) is 91.1 Å². The summed E-state index contributed by atoms with van der Waals surface area (Å²) in [5.74, 6) is 1.96. The lowest BCUT2D eigenvalue weighted by atomic mass is 10.0. The second-order valence-electron chi connectivity index (χ2n) is 10.7. The molecule has 5 aromatic heterocycles. The number of allylic oxidation sites excluding steroid dienone is 1. The number of benzene rings is 2. The Kier molecular flexibility index (Phi) is 4.89. The molecule has 194 valence electrons. The predicted octanol–water partition coefficient (Wildman–Crippen LogP) is 6.71. The van der Waals surface area contributed by atoms with Crippen LogP contribution in [-0.2, 0) is 13.5 Å². The van der Waals surface area contributed by atoms with E-state index in [1.54, 1.807) is 0 Å². The van der Waals surface area contributed by atoms with Gasteiger partial charge in [-0.25, -0.2) is 14.2 Å². The molecule has 0 N–H and O–H groups in total. The summed E-state index contributed by atoms with van der Waals surface area (Å²) in [5, 5.41) is 8.38. The van der Waals surface area contributed by atoms with Gasteiger partial charge < -0.3 is 0 Å². The lowest BCUT2D eigenvalue weighted by Gasteiger charge is -2.13. The maximum atomic E-state index is 5.24. The molecule has 0 saturated heterocycles. The first kappa shape index (κ1) is 23.0. The fourth-order valence-electron chi connectivity index (χ4n) is 6.42. The van der Waals surface area contributed by atoms with Crippen LogP contribution < -0.4 is 4.57 Å². The predicted molar refractivity (Wildman–Crippen MR) is 161 cm³/mol. The molecule has 0 unspecified atom stereocenters. The SMILES string of the molecule is Cc1cc(C)n(-c2ccc3c4c(n(-c5ccc6c7ccccc7n(-c7cccc[n+]7C)c6c5)c3n2)CCC=C4)n1. The molecule has 6 heteroatoms. The Balaban J connectivity index is 1.44. The third-order valence-electron chi connectivity index (χ3n) is 8.17. The number of fused-ring (bicyclic) bond motifs is 6. The van der Waals surface area contributed by atoms with Crippen molar-refractivity contribution in [3.8, 4) is 17.3 Å². The minimum absolute atomic E-state index is 0.838. The number of nitrogens with zero attached hydrogens (tertiary/aromatic N) is 6. The highest BCUT2D eigenvalue weighted by Crippen LogP contribution is 2.37. The van der Waals surface area contributed by atoms with Crippen LogP contribution in [0, 0.1) is 13.8 Å². The Hall–Kier alpha value is -4.97. The van der Waals surface area contributed by atoms with Crippen LogP contribution in [0.4, 0.5) is 0 Å². The number of pyridine rings is 2. The highest BCUT2D eigenvalue weighted by atomic mass is 15.3. The molecule has 0 radical (unpaired) electrons. The molecule has 0 fully saturated rings. The van der Waals surface area contributed by atoms with Gasteiger partial charge in [-0.3, -0.25) is 4.57 Å². The van der Waals surface area contributed by atoms with E-state index < -0.39 is 0 Å². The third kappa shape index (κ3) is 3.26. The molecular weight excluding hydrogens is 492 g/mol. The van der Waals surface area contributed by atoms with Crippen molar-refractivity contribution in [2.75, 3.05) is 0 Å². The lowest BCUT2D eigenvalue weighted by molar-refractivity contribution is -0.665. The van der Waals surface area contributed by atoms with Crippen molar-refractivity contribution < 1.29 is 4.57 Å². The van der Waals surface area contributed by atoms with E-state index in [0.29, 0.717) is 0 Å². The zero-order valence-electron chi connectivity index (χ0n) is 22.8. The maximum absolute atomic E-state index is 5.24. The fourth-order valence-corrected chi connectivity index (χ4v) is 6.42. The number of aromatic nitrogens is 6. The smallest absolute Gasteiger partial charge is 0.286 e. The molecule has 2 aromatic carbocycles. The monoisotopic (exact) mass is 521 g/mol. The van der Waals surface area contributed by atoms with Crippen molar-refractivity contribution in [2.24, 2.45) is 7.05 Å². The van der Waals surface area contributed by atoms with Crippen LogP contribution in [-0.4, -0.2) is 23.9 Å². The van der Waals surface area contributed by atoms with Gasteiger partial charge in [-0.05, 0) is 75.2 Å². The number of para-hydroxylation sites is 1. The second kappa shape index (κ2) is 8.52. The van der Waals surface area contributed by atoms with E-state index in [-0.39, 0.29) is 0 Å². The van der Waals surface area contributed by atoms with E-state index in [1.165, 1.54) is 38.4 Å². The van der Waals surface area contributed by atoms with Gasteiger partial charge in [0, 0.05) is 45.2 Å². The summed E-state index contributed by atoms with van der Waals surface area (Å²) in [6, 6.07) is 28.3. The summed E-state index contributed by atoms with van der Waals surface area (Å²) in [5.41, 5.74) is 9.11. The maximum Gasteiger partial charge on any atom is 0.286 e. The molecule has 0 bridgehead atoms. The van der Waals surface area contributed by atoms with Gasteiger partial charge >= 0.3 is 0 Å². The van der Waals surface area contributed by atoms with E-state index in [2.05, 4.69) is 125 Å². The molecule has 6 nitrogen and oxygen atoms in total. The van der Waals surface area contributed by atoms with Gasteiger partial charge in [-0.1, -0.05) is 30.4 Å². The largest absolute Gasteiger partial charge is 0.297 e. The van der Waals surface area contributed by atoms with E-state index >= 15 is 0 Å². The molecule has 5 heterocycles. The summed E-state index contributed by atoms with van der Waals surface area (Å²) < 4.78 is 8.87. The lowest BCUT2D eigenvalue weighted by Crippen LogP contribution is -2.33. The summed E-state index contributed by atoms with van der Waals surface area (Å²) in [6.45, 7) is 4.10. The second-order valence-corrected chi connectivity index (χ2v) is 10.7. The summed E-state index contributed by atoms with van der Waals surface area (Å²) in [6.07, 6.45) is 8.65. The standard InChI is InChI=1S/C34H29N6/c1-22-20-23(2)40(36-22)32-18-17-28-26-11-5-6-12-29(26)38(34(28)35-32)24-15-16-27-25-10-4-7-13-30(25)39(31(27)21-24)33-14-8-9-19-37(33)3/h4-5,7-11,13-21H,6,12H2,1-3H3/q+1. The van der Waals surface area contributed by atoms with Gasteiger partial charge in [0.2, 0.25) is 0 Å². The van der Waals surface area contributed by atoms with E-state index in [4.69, 9.17) is 10.1 Å². The Morgan fingerprint density at radius 2 is 1.62 bits per heavy atom. The Bertz CT molecular complexity index is 2150. The van der Waals surface area contributed by atoms with Crippen LogP contribution in [0.2, 0.25) is 0 Å². The average Bonchev–Trinajstić information content (AvgIpc) is 3.61. The number of hydrogen-bond donors (Lipinski definition) is 0. The first-order valence-electron chi connectivity index (χ1n) is 13.8. The van der Waals surface area contributed by atoms with Gasteiger partial charge in [-0.2, -0.15) is 9.67 Å². The highest BCUT2D eigenvalue weighted by Gasteiger charge is 2.24. The van der Waals surface area contributed by atoms with Gasteiger partial charge in [0.15, 0.2) is 5.82 Å². The van der Waals surface area contributed by atoms with Crippen molar-refractivity contribution in [1.82, 2.24) is 23.9 Å². The molecule has 1 aliphatic rings. The summed E-state index contributed by atoms with van der Waals surface area (Å²) in [7, 11) is 2.10. The van der Waals surface area contributed by atoms with Crippen molar-refractivity contribution in [3.63, 3.8) is 0 Å². The number of hydrogen-bond acceptors (Lipinski definition) is 2.